The minimum atomic E-state index is 0.346. The second-order valence-electron chi connectivity index (χ2n) is 3.35. The summed E-state index contributed by atoms with van der Waals surface area (Å²) >= 11 is 0. The fourth-order valence-corrected chi connectivity index (χ4v) is 1.06. The topological polar surface area (TPSA) is 64.7 Å². The highest BCUT2D eigenvalue weighted by molar-refractivity contribution is 4.99. The van der Waals surface area contributed by atoms with Crippen LogP contribution in [0.5, 0.6) is 0 Å². The Morgan fingerprint density at radius 3 is 2.46 bits per heavy atom. The fourth-order valence-electron chi connectivity index (χ4n) is 1.06. The molecule has 72 valence electrons. The van der Waals surface area contributed by atoms with Crippen molar-refractivity contribution in [3.8, 4) is 0 Å². The number of nitrogens with zero attached hydrogens (tertiary/aromatic N) is 3. The lowest BCUT2D eigenvalue weighted by atomic mass is 10.2. The molecule has 4 nitrogen and oxygen atoms in total. The molecule has 0 amide bonds. The van der Waals surface area contributed by atoms with Gasteiger partial charge in [-0.3, -0.25) is 0 Å². The van der Waals surface area contributed by atoms with Crippen molar-refractivity contribution in [3.05, 3.63) is 17.5 Å². The molecule has 0 saturated heterocycles. The quantitative estimate of drug-likeness (QED) is 0.747. The molecular formula is C9H16N4. The average molecular weight is 180 g/mol. The maximum Gasteiger partial charge on any atom is 0.135 e. The lowest BCUT2D eigenvalue weighted by Gasteiger charge is -2.06. The van der Waals surface area contributed by atoms with Crippen LogP contribution in [-0.4, -0.2) is 21.5 Å². The first-order chi connectivity index (χ1) is 6.13. The fraction of sp³-hybridized carbons (Fsp3) is 0.667. The standard InChI is InChI=1S/C9H16N4/c1-6(2)9-12-7(3)11-8(13-9)4-5-10/h6H,4-5,10H2,1-3H3. The zero-order valence-electron chi connectivity index (χ0n) is 8.41. The molecule has 0 aliphatic heterocycles. The first-order valence-electron chi connectivity index (χ1n) is 4.55. The van der Waals surface area contributed by atoms with Gasteiger partial charge in [0.25, 0.3) is 0 Å². The molecule has 0 aliphatic carbocycles. The maximum absolute atomic E-state index is 5.44. The predicted molar refractivity (Wildman–Crippen MR) is 51.4 cm³/mol. The first kappa shape index (κ1) is 10.1. The van der Waals surface area contributed by atoms with E-state index in [0.717, 1.165) is 23.9 Å². The van der Waals surface area contributed by atoms with Crippen molar-refractivity contribution < 1.29 is 0 Å². The Labute approximate surface area is 78.6 Å². The SMILES string of the molecule is Cc1nc(CCN)nc(C(C)C)n1. The van der Waals surface area contributed by atoms with E-state index in [-0.39, 0.29) is 0 Å². The highest BCUT2D eigenvalue weighted by Gasteiger charge is 2.06. The van der Waals surface area contributed by atoms with Crippen molar-refractivity contribution in [2.45, 2.75) is 33.1 Å². The minimum Gasteiger partial charge on any atom is -0.330 e. The third-order valence-electron chi connectivity index (χ3n) is 1.70. The number of rotatable bonds is 3. The third-order valence-corrected chi connectivity index (χ3v) is 1.70. The van der Waals surface area contributed by atoms with Gasteiger partial charge in [0.15, 0.2) is 0 Å². The molecule has 0 saturated carbocycles. The molecule has 1 rings (SSSR count). The van der Waals surface area contributed by atoms with E-state index in [1.807, 2.05) is 6.92 Å². The summed E-state index contributed by atoms with van der Waals surface area (Å²) in [6.45, 7) is 6.61. The van der Waals surface area contributed by atoms with Crippen LogP contribution in [0.1, 0.15) is 37.2 Å². The van der Waals surface area contributed by atoms with E-state index in [1.54, 1.807) is 0 Å². The zero-order valence-corrected chi connectivity index (χ0v) is 8.41. The molecule has 4 heteroatoms. The van der Waals surface area contributed by atoms with E-state index in [4.69, 9.17) is 5.73 Å². The van der Waals surface area contributed by atoms with Gasteiger partial charge in [-0.25, -0.2) is 15.0 Å². The summed E-state index contributed by atoms with van der Waals surface area (Å²) in [4.78, 5) is 12.8. The molecule has 0 aromatic carbocycles. The Morgan fingerprint density at radius 1 is 1.23 bits per heavy atom. The summed E-state index contributed by atoms with van der Waals surface area (Å²) in [7, 11) is 0. The molecule has 0 fully saturated rings. The van der Waals surface area contributed by atoms with E-state index in [1.165, 1.54) is 0 Å². The van der Waals surface area contributed by atoms with Gasteiger partial charge in [-0.15, -0.1) is 0 Å². The Bertz CT molecular complexity index is 283. The second-order valence-corrected chi connectivity index (χ2v) is 3.35. The zero-order chi connectivity index (χ0) is 9.84. The molecule has 0 bridgehead atoms. The minimum absolute atomic E-state index is 0.346. The van der Waals surface area contributed by atoms with E-state index >= 15 is 0 Å². The van der Waals surface area contributed by atoms with Crippen molar-refractivity contribution in [2.24, 2.45) is 5.73 Å². The van der Waals surface area contributed by atoms with Crippen molar-refractivity contribution in [1.29, 1.82) is 0 Å². The van der Waals surface area contributed by atoms with Crippen molar-refractivity contribution in [2.75, 3.05) is 6.54 Å². The predicted octanol–water partition coefficient (Wildman–Crippen LogP) is 0.805. The molecule has 0 spiro atoms. The summed E-state index contributed by atoms with van der Waals surface area (Å²) in [5.74, 6) is 2.79. The number of hydrogen-bond acceptors (Lipinski definition) is 4. The molecule has 1 heterocycles. The molecule has 13 heavy (non-hydrogen) atoms. The van der Waals surface area contributed by atoms with Crippen LogP contribution in [0.25, 0.3) is 0 Å². The summed E-state index contributed by atoms with van der Waals surface area (Å²) < 4.78 is 0. The molecule has 1 aromatic heterocycles. The van der Waals surface area contributed by atoms with Crippen LogP contribution in [0.4, 0.5) is 0 Å². The van der Waals surface area contributed by atoms with Crippen LogP contribution in [0, 0.1) is 6.92 Å². The number of nitrogens with two attached hydrogens (primary N) is 1. The van der Waals surface area contributed by atoms with Crippen LogP contribution in [-0.2, 0) is 6.42 Å². The first-order valence-corrected chi connectivity index (χ1v) is 4.55. The van der Waals surface area contributed by atoms with E-state index in [0.29, 0.717) is 12.5 Å². The van der Waals surface area contributed by atoms with Gasteiger partial charge in [-0.05, 0) is 13.5 Å². The molecule has 0 aliphatic rings. The van der Waals surface area contributed by atoms with E-state index < -0.39 is 0 Å². The summed E-state index contributed by atoms with van der Waals surface area (Å²) in [6.07, 6.45) is 0.725. The van der Waals surface area contributed by atoms with Crippen LogP contribution >= 0.6 is 0 Å². The van der Waals surface area contributed by atoms with E-state index in [9.17, 15) is 0 Å². The van der Waals surface area contributed by atoms with Crippen LogP contribution in [0.3, 0.4) is 0 Å². The van der Waals surface area contributed by atoms with Crippen molar-refractivity contribution in [3.63, 3.8) is 0 Å². The summed E-state index contributed by atoms with van der Waals surface area (Å²) in [5.41, 5.74) is 5.44. The molecular weight excluding hydrogens is 164 g/mol. The number of aromatic nitrogens is 3. The molecule has 0 unspecified atom stereocenters. The van der Waals surface area contributed by atoms with Gasteiger partial charge in [0.2, 0.25) is 0 Å². The Hall–Kier alpha value is -1.03. The van der Waals surface area contributed by atoms with Gasteiger partial charge in [-0.2, -0.15) is 0 Å². The van der Waals surface area contributed by atoms with Gasteiger partial charge in [0.1, 0.15) is 17.5 Å². The number of aryl methyl sites for hydroxylation is 1. The molecule has 1 aromatic rings. The normalized spacial score (nSPS) is 10.8. The second kappa shape index (κ2) is 4.28. The van der Waals surface area contributed by atoms with Crippen molar-refractivity contribution in [1.82, 2.24) is 15.0 Å². The smallest absolute Gasteiger partial charge is 0.135 e. The van der Waals surface area contributed by atoms with Gasteiger partial charge < -0.3 is 5.73 Å². The molecule has 0 atom stereocenters. The van der Waals surface area contributed by atoms with Crippen molar-refractivity contribution >= 4 is 0 Å². The van der Waals surface area contributed by atoms with Crippen LogP contribution in [0.15, 0.2) is 0 Å². The Balaban J connectivity index is 2.96. The molecule has 0 radical (unpaired) electrons. The monoisotopic (exact) mass is 180 g/mol. The largest absolute Gasteiger partial charge is 0.330 e. The third kappa shape index (κ3) is 2.73. The lowest BCUT2D eigenvalue weighted by molar-refractivity contribution is 0.711. The lowest BCUT2D eigenvalue weighted by Crippen LogP contribution is -2.11. The maximum atomic E-state index is 5.44. The number of hydrogen-bond donors (Lipinski definition) is 1. The highest BCUT2D eigenvalue weighted by atomic mass is 15.0. The van der Waals surface area contributed by atoms with Gasteiger partial charge in [-0.1, -0.05) is 13.8 Å². The Kier molecular flexibility index (Phi) is 3.31. The van der Waals surface area contributed by atoms with Gasteiger partial charge in [0.05, 0.1) is 0 Å². The summed E-state index contributed by atoms with van der Waals surface area (Å²) in [6, 6.07) is 0. The highest BCUT2D eigenvalue weighted by Crippen LogP contribution is 2.08. The Morgan fingerprint density at radius 2 is 1.92 bits per heavy atom. The average Bonchev–Trinajstić information content (AvgIpc) is 2.03. The van der Waals surface area contributed by atoms with Gasteiger partial charge >= 0.3 is 0 Å². The molecule has 2 N–H and O–H groups in total. The van der Waals surface area contributed by atoms with Crippen LogP contribution in [0.2, 0.25) is 0 Å². The van der Waals surface area contributed by atoms with E-state index in [2.05, 4.69) is 28.8 Å². The summed E-state index contributed by atoms with van der Waals surface area (Å²) in [5, 5.41) is 0. The van der Waals surface area contributed by atoms with Crippen LogP contribution < -0.4 is 5.73 Å². The van der Waals surface area contributed by atoms with Gasteiger partial charge in [0, 0.05) is 12.3 Å².